The van der Waals surface area contributed by atoms with Crippen molar-refractivity contribution in [2.24, 2.45) is 0 Å². The standard InChI is InChI=1S/C20H41NO3Si2/c1-19(2,3)25(7,8)23-16-15-13-11-12-14-21(15)18(22)17(16)24-26(9,10)20(4,5)6/h15-17H,11-14H2,1-10H3/t15-,16-,17+/m0/s1. The van der Waals surface area contributed by atoms with Crippen molar-refractivity contribution in [2.75, 3.05) is 6.54 Å². The van der Waals surface area contributed by atoms with Gasteiger partial charge < -0.3 is 13.8 Å². The average molecular weight is 400 g/mol. The number of amides is 1. The Bertz CT molecular complexity index is 534. The Hall–Kier alpha value is -0.176. The van der Waals surface area contributed by atoms with E-state index >= 15 is 0 Å². The van der Waals surface area contributed by atoms with E-state index in [1.54, 1.807) is 0 Å². The average Bonchev–Trinajstić information content (AvgIpc) is 2.70. The first kappa shape index (κ1) is 22.1. The number of rotatable bonds is 4. The third-order valence-corrected chi connectivity index (χ3v) is 16.1. The van der Waals surface area contributed by atoms with Crippen molar-refractivity contribution in [3.05, 3.63) is 0 Å². The molecule has 2 fully saturated rings. The Morgan fingerprint density at radius 2 is 1.38 bits per heavy atom. The van der Waals surface area contributed by atoms with Crippen LogP contribution in [0.1, 0.15) is 60.8 Å². The predicted octanol–water partition coefficient (Wildman–Crippen LogP) is 5.16. The Labute approximate surface area is 163 Å². The maximum Gasteiger partial charge on any atom is 0.253 e. The van der Waals surface area contributed by atoms with Crippen LogP contribution in [0.15, 0.2) is 0 Å². The summed E-state index contributed by atoms with van der Waals surface area (Å²) in [6.07, 6.45) is 2.79. The fraction of sp³-hybridized carbons (Fsp3) is 0.950. The Kier molecular flexibility index (Phi) is 5.97. The van der Waals surface area contributed by atoms with Crippen molar-refractivity contribution in [1.29, 1.82) is 0 Å². The summed E-state index contributed by atoms with van der Waals surface area (Å²) in [6, 6.07) is 0.195. The molecule has 0 N–H and O–H groups in total. The van der Waals surface area contributed by atoms with Crippen LogP contribution >= 0.6 is 0 Å². The van der Waals surface area contributed by atoms with Gasteiger partial charge in [-0.15, -0.1) is 0 Å². The van der Waals surface area contributed by atoms with Crippen LogP contribution in [0, 0.1) is 0 Å². The second kappa shape index (κ2) is 7.01. The van der Waals surface area contributed by atoms with Crippen molar-refractivity contribution in [1.82, 2.24) is 4.90 Å². The molecule has 0 bridgehead atoms. The van der Waals surface area contributed by atoms with Crippen LogP contribution in [0.3, 0.4) is 0 Å². The van der Waals surface area contributed by atoms with Gasteiger partial charge in [-0.3, -0.25) is 4.79 Å². The fourth-order valence-corrected chi connectivity index (χ4v) is 5.89. The van der Waals surface area contributed by atoms with E-state index in [4.69, 9.17) is 8.85 Å². The summed E-state index contributed by atoms with van der Waals surface area (Å²) in [6.45, 7) is 23.4. The van der Waals surface area contributed by atoms with Crippen LogP contribution in [0.25, 0.3) is 0 Å². The summed E-state index contributed by atoms with van der Waals surface area (Å²) >= 11 is 0. The molecule has 152 valence electrons. The molecule has 0 aromatic rings. The van der Waals surface area contributed by atoms with Gasteiger partial charge in [0.1, 0.15) is 0 Å². The minimum absolute atomic E-state index is 0.0812. The molecule has 2 rings (SSSR count). The summed E-state index contributed by atoms with van der Waals surface area (Å²) in [7, 11) is -4.03. The molecule has 2 aliphatic rings. The van der Waals surface area contributed by atoms with Gasteiger partial charge in [0.15, 0.2) is 22.7 Å². The first-order valence-electron chi connectivity index (χ1n) is 10.2. The molecule has 2 aliphatic heterocycles. The van der Waals surface area contributed by atoms with Crippen LogP contribution in [0.4, 0.5) is 0 Å². The van der Waals surface area contributed by atoms with Crippen molar-refractivity contribution < 1.29 is 13.6 Å². The molecule has 0 saturated carbocycles. The maximum absolute atomic E-state index is 13.2. The quantitative estimate of drug-likeness (QED) is 0.613. The Morgan fingerprint density at radius 1 is 0.885 bits per heavy atom. The zero-order valence-electron chi connectivity index (χ0n) is 18.7. The molecule has 1 amide bonds. The number of hydrogen-bond donors (Lipinski definition) is 0. The van der Waals surface area contributed by atoms with Gasteiger partial charge in [0.2, 0.25) is 0 Å². The van der Waals surface area contributed by atoms with Gasteiger partial charge in [0, 0.05) is 6.54 Å². The molecular weight excluding hydrogens is 358 g/mol. The molecule has 2 heterocycles. The van der Waals surface area contributed by atoms with Gasteiger partial charge in [-0.1, -0.05) is 41.5 Å². The van der Waals surface area contributed by atoms with Crippen LogP contribution in [0.2, 0.25) is 36.3 Å². The highest BCUT2D eigenvalue weighted by Gasteiger charge is 2.55. The van der Waals surface area contributed by atoms with Crippen LogP contribution in [-0.4, -0.2) is 52.2 Å². The zero-order chi connectivity index (χ0) is 20.1. The van der Waals surface area contributed by atoms with E-state index in [9.17, 15) is 4.79 Å². The minimum atomic E-state index is -2.05. The number of carbonyl (C=O) groups excluding carboxylic acids is 1. The molecule has 0 aliphatic carbocycles. The largest absolute Gasteiger partial charge is 0.409 e. The highest BCUT2D eigenvalue weighted by molar-refractivity contribution is 6.74. The van der Waals surface area contributed by atoms with Gasteiger partial charge in [-0.25, -0.2) is 0 Å². The molecule has 0 spiro atoms. The van der Waals surface area contributed by atoms with Crippen molar-refractivity contribution >= 4 is 22.5 Å². The minimum Gasteiger partial charge on any atom is -0.409 e. The van der Waals surface area contributed by atoms with E-state index in [0.29, 0.717) is 0 Å². The fourth-order valence-electron chi connectivity index (χ4n) is 3.35. The molecule has 0 unspecified atom stereocenters. The topological polar surface area (TPSA) is 38.8 Å². The van der Waals surface area contributed by atoms with Crippen LogP contribution in [0.5, 0.6) is 0 Å². The van der Waals surface area contributed by atoms with E-state index in [2.05, 4.69) is 72.6 Å². The molecule has 0 aromatic heterocycles. The number of piperidine rings is 1. The molecule has 0 radical (unpaired) electrons. The normalized spacial score (nSPS) is 28.5. The number of carbonyl (C=O) groups is 1. The van der Waals surface area contributed by atoms with E-state index < -0.39 is 22.7 Å². The van der Waals surface area contributed by atoms with E-state index in [0.717, 1.165) is 19.4 Å². The van der Waals surface area contributed by atoms with Crippen molar-refractivity contribution in [3.8, 4) is 0 Å². The third-order valence-electron chi connectivity index (χ3n) is 7.22. The van der Waals surface area contributed by atoms with Gasteiger partial charge in [0.25, 0.3) is 5.91 Å². The predicted molar refractivity (Wildman–Crippen MR) is 113 cm³/mol. The lowest BCUT2D eigenvalue weighted by atomic mass is 10.0. The lowest BCUT2D eigenvalue weighted by Crippen LogP contribution is -2.53. The maximum atomic E-state index is 13.2. The smallest absolute Gasteiger partial charge is 0.253 e. The van der Waals surface area contributed by atoms with E-state index in [1.807, 2.05) is 0 Å². The van der Waals surface area contributed by atoms with Gasteiger partial charge in [-0.05, 0) is 55.5 Å². The summed E-state index contributed by atoms with van der Waals surface area (Å²) in [5, 5.41) is 0.206. The van der Waals surface area contributed by atoms with Gasteiger partial charge in [-0.2, -0.15) is 0 Å². The first-order valence-corrected chi connectivity index (χ1v) is 16.1. The highest BCUT2D eigenvalue weighted by Crippen LogP contribution is 2.44. The Morgan fingerprint density at radius 3 is 1.88 bits per heavy atom. The monoisotopic (exact) mass is 399 g/mol. The van der Waals surface area contributed by atoms with E-state index in [-0.39, 0.29) is 28.1 Å². The van der Waals surface area contributed by atoms with Crippen molar-refractivity contribution in [2.45, 2.75) is 115 Å². The second-order valence-corrected chi connectivity index (χ2v) is 20.7. The van der Waals surface area contributed by atoms with Crippen LogP contribution in [-0.2, 0) is 13.6 Å². The van der Waals surface area contributed by atoms with Crippen molar-refractivity contribution in [3.63, 3.8) is 0 Å². The molecular formula is C20H41NO3Si2. The second-order valence-electron chi connectivity index (χ2n) is 11.2. The molecule has 4 nitrogen and oxygen atoms in total. The number of fused-ring (bicyclic) bond motifs is 1. The summed E-state index contributed by atoms with van der Waals surface area (Å²) in [5.74, 6) is 0.170. The SMILES string of the molecule is CC(C)(C)[Si](C)(C)O[C@@H]1[C@@H](O[Si](C)(C)C(C)(C)C)C(=O)N2CCCC[C@@H]12. The molecule has 2 saturated heterocycles. The number of hydrogen-bond acceptors (Lipinski definition) is 3. The van der Waals surface area contributed by atoms with Gasteiger partial charge >= 0.3 is 0 Å². The zero-order valence-corrected chi connectivity index (χ0v) is 20.7. The number of nitrogens with zero attached hydrogens (tertiary/aromatic N) is 1. The lowest BCUT2D eigenvalue weighted by molar-refractivity contribution is -0.135. The Balaban J connectivity index is 2.34. The summed E-state index contributed by atoms with van der Waals surface area (Å²) in [5.41, 5.74) is 0. The first-order chi connectivity index (χ1) is 11.6. The molecule has 3 atom stereocenters. The summed E-state index contributed by atoms with van der Waals surface area (Å²) in [4.78, 5) is 15.3. The van der Waals surface area contributed by atoms with Gasteiger partial charge in [0.05, 0.1) is 12.1 Å². The highest BCUT2D eigenvalue weighted by atomic mass is 28.4. The van der Waals surface area contributed by atoms with Crippen LogP contribution < -0.4 is 0 Å². The molecule has 0 aromatic carbocycles. The molecule has 6 heteroatoms. The lowest BCUT2D eigenvalue weighted by Gasteiger charge is -2.43. The van der Waals surface area contributed by atoms with E-state index in [1.165, 1.54) is 6.42 Å². The summed E-state index contributed by atoms with van der Waals surface area (Å²) < 4.78 is 13.5. The third kappa shape index (κ3) is 4.13. The molecule has 26 heavy (non-hydrogen) atoms.